The first-order valence-corrected chi connectivity index (χ1v) is 10.5. The van der Waals surface area contributed by atoms with Crippen LogP contribution in [0.15, 0.2) is 66.7 Å². The van der Waals surface area contributed by atoms with Crippen LogP contribution in [0.4, 0.5) is 4.79 Å². The minimum absolute atomic E-state index is 0.0565. The Balaban J connectivity index is 1.39. The average molecular weight is 413 g/mol. The van der Waals surface area contributed by atoms with E-state index in [1.54, 1.807) is 0 Å². The van der Waals surface area contributed by atoms with Gasteiger partial charge in [0.15, 0.2) is 0 Å². The van der Waals surface area contributed by atoms with Crippen LogP contribution >= 0.6 is 0 Å². The van der Waals surface area contributed by atoms with Crippen LogP contribution in [0, 0.1) is 6.92 Å². The Labute approximate surface area is 180 Å². The van der Waals surface area contributed by atoms with Gasteiger partial charge in [-0.2, -0.15) is 0 Å². The van der Waals surface area contributed by atoms with Crippen LogP contribution < -0.4 is 0 Å². The molecule has 0 spiro atoms. The molecule has 1 atom stereocenters. The van der Waals surface area contributed by atoms with Crippen molar-refractivity contribution in [2.75, 3.05) is 6.61 Å². The maximum atomic E-state index is 13.0. The third-order valence-corrected chi connectivity index (χ3v) is 6.48. The van der Waals surface area contributed by atoms with Crippen molar-refractivity contribution in [3.8, 4) is 11.1 Å². The van der Waals surface area contributed by atoms with Crippen molar-refractivity contribution >= 4 is 12.1 Å². The maximum Gasteiger partial charge on any atom is 0.410 e. The van der Waals surface area contributed by atoms with E-state index in [1.807, 2.05) is 49.4 Å². The molecule has 5 rings (SSSR count). The van der Waals surface area contributed by atoms with Gasteiger partial charge in [-0.25, -0.2) is 9.59 Å². The highest BCUT2D eigenvalue weighted by atomic mass is 16.6. The van der Waals surface area contributed by atoms with E-state index in [2.05, 4.69) is 24.3 Å². The number of rotatable bonds is 3. The maximum absolute atomic E-state index is 13.0. The molecule has 2 aliphatic rings. The summed E-state index contributed by atoms with van der Waals surface area (Å²) >= 11 is 0. The predicted octanol–water partition coefficient (Wildman–Crippen LogP) is 4.76. The van der Waals surface area contributed by atoms with Gasteiger partial charge in [-0.3, -0.25) is 4.90 Å². The summed E-state index contributed by atoms with van der Waals surface area (Å²) in [6.07, 6.45) is -0.289. The van der Waals surface area contributed by atoms with Gasteiger partial charge < -0.3 is 9.84 Å². The fourth-order valence-electron chi connectivity index (χ4n) is 4.89. The van der Waals surface area contributed by atoms with Crippen molar-refractivity contribution in [2.45, 2.75) is 31.8 Å². The number of amides is 1. The van der Waals surface area contributed by atoms with Crippen molar-refractivity contribution in [3.05, 3.63) is 94.5 Å². The molecule has 31 heavy (non-hydrogen) atoms. The van der Waals surface area contributed by atoms with E-state index in [0.29, 0.717) is 6.42 Å². The summed E-state index contributed by atoms with van der Waals surface area (Å²) in [7, 11) is 0. The number of nitrogens with zero attached hydrogens (tertiary/aromatic N) is 1. The molecule has 0 aromatic heterocycles. The molecule has 0 radical (unpaired) electrons. The predicted molar refractivity (Wildman–Crippen MR) is 117 cm³/mol. The van der Waals surface area contributed by atoms with E-state index in [4.69, 9.17) is 4.74 Å². The standard InChI is InChI=1S/C26H23NO4/c1-16-7-6-8-17-14-27(24(25(28)29)13-22(16)17)26(30)31-15-23-20-11-4-2-9-18(20)19-10-3-5-12-21(19)23/h2-12,23-24H,13-15H2,1H3,(H,28,29)/t24-/m0/s1. The second kappa shape index (κ2) is 7.58. The number of aliphatic carboxylic acids is 1. The van der Waals surface area contributed by atoms with Gasteiger partial charge in [0.25, 0.3) is 0 Å². The van der Waals surface area contributed by atoms with E-state index in [9.17, 15) is 14.7 Å². The number of benzene rings is 3. The van der Waals surface area contributed by atoms with Gasteiger partial charge in [-0.1, -0.05) is 66.7 Å². The summed E-state index contributed by atoms with van der Waals surface area (Å²) in [6.45, 7) is 2.39. The minimum Gasteiger partial charge on any atom is -0.480 e. The molecule has 0 unspecified atom stereocenters. The smallest absolute Gasteiger partial charge is 0.410 e. The lowest BCUT2D eigenvalue weighted by Crippen LogP contribution is -2.49. The molecule has 3 aromatic carbocycles. The van der Waals surface area contributed by atoms with Gasteiger partial charge in [0, 0.05) is 12.3 Å². The number of fused-ring (bicyclic) bond motifs is 4. The normalized spacial score (nSPS) is 16.9. The molecule has 1 amide bonds. The first-order valence-electron chi connectivity index (χ1n) is 10.5. The summed E-state index contributed by atoms with van der Waals surface area (Å²) in [5.74, 6) is -1.07. The second-order valence-corrected chi connectivity index (χ2v) is 8.20. The van der Waals surface area contributed by atoms with E-state index in [-0.39, 0.29) is 19.1 Å². The summed E-state index contributed by atoms with van der Waals surface area (Å²) < 4.78 is 5.73. The van der Waals surface area contributed by atoms with Crippen molar-refractivity contribution in [1.29, 1.82) is 0 Å². The van der Waals surface area contributed by atoms with Crippen LogP contribution in [0.25, 0.3) is 11.1 Å². The zero-order valence-electron chi connectivity index (χ0n) is 17.2. The largest absolute Gasteiger partial charge is 0.480 e. The van der Waals surface area contributed by atoms with Gasteiger partial charge >= 0.3 is 12.1 Å². The van der Waals surface area contributed by atoms with Gasteiger partial charge in [0.1, 0.15) is 12.6 Å². The number of hydrogen-bond acceptors (Lipinski definition) is 3. The molecular formula is C26H23NO4. The lowest BCUT2D eigenvalue weighted by atomic mass is 9.91. The third kappa shape index (κ3) is 3.26. The molecule has 5 heteroatoms. The number of carbonyl (C=O) groups is 2. The highest BCUT2D eigenvalue weighted by molar-refractivity contribution is 5.82. The molecule has 1 aliphatic carbocycles. The number of carboxylic acid groups (broad SMARTS) is 1. The fourth-order valence-corrected chi connectivity index (χ4v) is 4.89. The fraction of sp³-hybridized carbons (Fsp3) is 0.231. The highest BCUT2D eigenvalue weighted by Gasteiger charge is 2.37. The Morgan fingerprint density at radius 1 is 0.968 bits per heavy atom. The number of aryl methyl sites for hydroxylation is 1. The third-order valence-electron chi connectivity index (χ3n) is 6.48. The Hall–Kier alpha value is -3.60. The zero-order valence-corrected chi connectivity index (χ0v) is 17.2. The summed E-state index contributed by atoms with van der Waals surface area (Å²) in [5.41, 5.74) is 7.62. The number of hydrogen-bond donors (Lipinski definition) is 1. The molecule has 1 aliphatic heterocycles. The number of carbonyl (C=O) groups excluding carboxylic acids is 1. The average Bonchev–Trinajstić information content (AvgIpc) is 3.10. The molecule has 0 bridgehead atoms. The molecule has 1 N–H and O–H groups in total. The van der Waals surface area contributed by atoms with E-state index < -0.39 is 18.1 Å². The summed E-state index contributed by atoms with van der Waals surface area (Å²) in [4.78, 5) is 26.3. The Bertz CT molecular complexity index is 1140. The molecule has 1 heterocycles. The van der Waals surface area contributed by atoms with Crippen LogP contribution in [0.1, 0.15) is 33.7 Å². The summed E-state index contributed by atoms with van der Waals surface area (Å²) in [5, 5.41) is 9.76. The molecule has 156 valence electrons. The van der Waals surface area contributed by atoms with Crippen molar-refractivity contribution < 1.29 is 19.4 Å². The van der Waals surface area contributed by atoms with Crippen LogP contribution in [0.5, 0.6) is 0 Å². The van der Waals surface area contributed by atoms with E-state index >= 15 is 0 Å². The number of ether oxygens (including phenoxy) is 1. The van der Waals surface area contributed by atoms with Crippen LogP contribution in [-0.2, 0) is 22.5 Å². The van der Waals surface area contributed by atoms with Gasteiger partial charge in [-0.05, 0) is 45.9 Å². The van der Waals surface area contributed by atoms with E-state index in [1.165, 1.54) is 4.90 Å². The molecule has 0 saturated carbocycles. The number of carboxylic acids is 1. The van der Waals surface area contributed by atoms with Gasteiger partial charge in [0.05, 0.1) is 6.54 Å². The highest BCUT2D eigenvalue weighted by Crippen LogP contribution is 2.44. The SMILES string of the molecule is Cc1cccc2c1C[C@@H](C(=O)O)N(C(=O)OCC1c3ccccc3-c3ccccc31)C2. The van der Waals surface area contributed by atoms with Crippen LogP contribution in [0.2, 0.25) is 0 Å². The quantitative estimate of drug-likeness (QED) is 0.673. The molecule has 0 fully saturated rings. The van der Waals surface area contributed by atoms with Gasteiger partial charge in [0.2, 0.25) is 0 Å². The topological polar surface area (TPSA) is 66.8 Å². The first kappa shape index (κ1) is 19.4. The monoisotopic (exact) mass is 413 g/mol. The van der Waals surface area contributed by atoms with Crippen LogP contribution in [0.3, 0.4) is 0 Å². The molecular weight excluding hydrogens is 390 g/mol. The van der Waals surface area contributed by atoms with Crippen molar-refractivity contribution in [2.24, 2.45) is 0 Å². The Kier molecular flexibility index (Phi) is 4.74. The lowest BCUT2D eigenvalue weighted by Gasteiger charge is -2.34. The molecule has 5 nitrogen and oxygen atoms in total. The lowest BCUT2D eigenvalue weighted by molar-refractivity contribution is -0.143. The Morgan fingerprint density at radius 2 is 1.61 bits per heavy atom. The van der Waals surface area contributed by atoms with Crippen LogP contribution in [-0.4, -0.2) is 34.7 Å². The summed E-state index contributed by atoms with van der Waals surface area (Å²) in [6, 6.07) is 21.2. The zero-order chi connectivity index (χ0) is 21.5. The van der Waals surface area contributed by atoms with Gasteiger partial charge in [-0.15, -0.1) is 0 Å². The van der Waals surface area contributed by atoms with E-state index in [0.717, 1.165) is 38.9 Å². The first-order chi connectivity index (χ1) is 15.0. The van der Waals surface area contributed by atoms with Crippen molar-refractivity contribution in [3.63, 3.8) is 0 Å². The van der Waals surface area contributed by atoms with Crippen molar-refractivity contribution in [1.82, 2.24) is 4.90 Å². The molecule has 3 aromatic rings. The Morgan fingerprint density at radius 3 is 2.26 bits per heavy atom. The molecule has 0 saturated heterocycles. The minimum atomic E-state index is -1.01. The second-order valence-electron chi connectivity index (χ2n) is 8.20.